The van der Waals surface area contributed by atoms with Crippen LogP contribution in [0, 0.1) is 0 Å². The molecule has 1 atom stereocenters. The Kier molecular flexibility index (Phi) is 4.21. The Morgan fingerprint density at radius 1 is 1.12 bits per heavy atom. The van der Waals surface area contributed by atoms with Gasteiger partial charge in [0.1, 0.15) is 0 Å². The van der Waals surface area contributed by atoms with Gasteiger partial charge in [0.15, 0.2) is 0 Å². The van der Waals surface area contributed by atoms with E-state index >= 15 is 0 Å². The Hall–Kier alpha value is -1.98. The first-order chi connectivity index (χ1) is 11.7. The van der Waals surface area contributed by atoms with Gasteiger partial charge < -0.3 is 9.80 Å². The summed E-state index contributed by atoms with van der Waals surface area (Å²) in [5.74, 6) is 0.150. The molecule has 2 aliphatic rings. The molecule has 0 saturated carbocycles. The van der Waals surface area contributed by atoms with E-state index < -0.39 is 0 Å². The third kappa shape index (κ3) is 3.01. The summed E-state index contributed by atoms with van der Waals surface area (Å²) in [5, 5.41) is 1.03. The number of amides is 1. The number of carbonyl (C=O) groups excluding carboxylic acids is 1. The molecule has 5 nitrogen and oxygen atoms in total. The van der Waals surface area contributed by atoms with E-state index in [1.165, 1.54) is 0 Å². The molecule has 2 aromatic rings. The molecule has 0 bridgehead atoms. The molecule has 0 N–H and O–H groups in total. The van der Waals surface area contributed by atoms with E-state index in [-0.39, 0.29) is 5.91 Å². The number of hydrogen-bond donors (Lipinski definition) is 0. The van der Waals surface area contributed by atoms with Crippen molar-refractivity contribution in [2.45, 2.75) is 12.5 Å². The number of carbonyl (C=O) groups is 1. The summed E-state index contributed by atoms with van der Waals surface area (Å²) < 4.78 is 0. The minimum Gasteiger partial charge on any atom is -0.337 e. The van der Waals surface area contributed by atoms with Crippen molar-refractivity contribution in [2.24, 2.45) is 0 Å². The van der Waals surface area contributed by atoms with Gasteiger partial charge in [-0.25, -0.2) is 0 Å². The maximum Gasteiger partial charge on any atom is 0.253 e. The summed E-state index contributed by atoms with van der Waals surface area (Å²) in [5.41, 5.74) is 1.71. The van der Waals surface area contributed by atoms with Crippen molar-refractivity contribution >= 4 is 16.8 Å². The number of piperazine rings is 1. The van der Waals surface area contributed by atoms with Crippen LogP contribution in [0.15, 0.2) is 36.5 Å². The average Bonchev–Trinajstić information content (AvgIpc) is 3.11. The number of likely N-dealkylation sites (tertiary alicyclic amines) is 1. The van der Waals surface area contributed by atoms with Crippen molar-refractivity contribution in [1.29, 1.82) is 0 Å². The Bertz CT molecular complexity index is 739. The number of pyridine rings is 1. The molecule has 2 fully saturated rings. The maximum absolute atomic E-state index is 12.8. The lowest BCUT2D eigenvalue weighted by atomic mass is 10.1. The van der Waals surface area contributed by atoms with Crippen LogP contribution < -0.4 is 0 Å². The van der Waals surface area contributed by atoms with Gasteiger partial charge in [-0.05, 0) is 37.7 Å². The minimum atomic E-state index is 0.150. The topological polar surface area (TPSA) is 39.7 Å². The van der Waals surface area contributed by atoms with Crippen LogP contribution in [0.1, 0.15) is 16.8 Å². The first-order valence-corrected chi connectivity index (χ1v) is 8.77. The average molecular weight is 324 g/mol. The molecule has 5 heteroatoms. The second-order valence-corrected chi connectivity index (χ2v) is 6.94. The monoisotopic (exact) mass is 324 g/mol. The summed E-state index contributed by atoms with van der Waals surface area (Å²) in [6, 6.07) is 10.3. The summed E-state index contributed by atoms with van der Waals surface area (Å²) in [4.78, 5) is 24.1. The van der Waals surface area contributed by atoms with Gasteiger partial charge in [0.05, 0.1) is 5.52 Å². The number of fused-ring (bicyclic) bond motifs is 1. The molecule has 1 aromatic heterocycles. The van der Waals surface area contributed by atoms with Crippen molar-refractivity contribution in [1.82, 2.24) is 19.7 Å². The van der Waals surface area contributed by atoms with E-state index in [4.69, 9.17) is 0 Å². The van der Waals surface area contributed by atoms with E-state index in [9.17, 15) is 4.79 Å². The Morgan fingerprint density at radius 3 is 2.79 bits per heavy atom. The van der Waals surface area contributed by atoms with E-state index in [1.54, 1.807) is 6.20 Å². The third-order valence-electron chi connectivity index (χ3n) is 5.35. The van der Waals surface area contributed by atoms with Crippen LogP contribution in [0.25, 0.3) is 10.9 Å². The molecule has 2 saturated heterocycles. The van der Waals surface area contributed by atoms with Gasteiger partial charge in [-0.3, -0.25) is 14.7 Å². The molecule has 0 unspecified atom stereocenters. The van der Waals surface area contributed by atoms with Crippen molar-refractivity contribution in [3.05, 3.63) is 42.1 Å². The number of likely N-dealkylation sites (N-methyl/N-ethyl adjacent to an activating group) is 1. The minimum absolute atomic E-state index is 0.150. The lowest BCUT2D eigenvalue weighted by molar-refractivity contribution is 0.0755. The normalized spacial score (nSPS) is 23.0. The Labute approximate surface area is 142 Å². The van der Waals surface area contributed by atoms with Gasteiger partial charge in [-0.15, -0.1) is 0 Å². The van der Waals surface area contributed by atoms with Crippen molar-refractivity contribution < 1.29 is 4.79 Å². The largest absolute Gasteiger partial charge is 0.337 e. The van der Waals surface area contributed by atoms with Crippen molar-refractivity contribution in [2.75, 3.05) is 46.3 Å². The summed E-state index contributed by atoms with van der Waals surface area (Å²) in [7, 11) is 2.18. The molecule has 0 aliphatic carbocycles. The molecule has 2 aliphatic heterocycles. The van der Waals surface area contributed by atoms with Crippen LogP contribution >= 0.6 is 0 Å². The van der Waals surface area contributed by atoms with Gasteiger partial charge in [-0.2, -0.15) is 0 Å². The van der Waals surface area contributed by atoms with Crippen LogP contribution in [-0.4, -0.2) is 77.9 Å². The molecule has 3 heterocycles. The van der Waals surface area contributed by atoms with E-state index in [0.29, 0.717) is 6.04 Å². The second-order valence-electron chi connectivity index (χ2n) is 6.94. The summed E-state index contributed by atoms with van der Waals surface area (Å²) >= 11 is 0. The number of hydrogen-bond acceptors (Lipinski definition) is 4. The Balaban J connectivity index is 1.44. The first-order valence-electron chi connectivity index (χ1n) is 8.77. The van der Waals surface area contributed by atoms with Gasteiger partial charge in [-0.1, -0.05) is 6.07 Å². The molecule has 0 spiro atoms. The fourth-order valence-corrected chi connectivity index (χ4v) is 3.80. The van der Waals surface area contributed by atoms with Gasteiger partial charge in [0, 0.05) is 62.5 Å². The van der Waals surface area contributed by atoms with E-state index in [0.717, 1.165) is 62.2 Å². The fraction of sp³-hybridized carbons (Fsp3) is 0.474. The highest BCUT2D eigenvalue weighted by Gasteiger charge is 2.32. The first kappa shape index (κ1) is 15.5. The molecule has 1 aromatic carbocycles. The van der Waals surface area contributed by atoms with Gasteiger partial charge in [0.25, 0.3) is 5.91 Å². The zero-order valence-corrected chi connectivity index (χ0v) is 14.2. The number of nitrogens with zero attached hydrogens (tertiary/aromatic N) is 4. The predicted molar refractivity (Wildman–Crippen MR) is 95.1 cm³/mol. The zero-order valence-electron chi connectivity index (χ0n) is 14.2. The molecular formula is C19H24N4O. The van der Waals surface area contributed by atoms with Gasteiger partial charge >= 0.3 is 0 Å². The van der Waals surface area contributed by atoms with E-state index in [2.05, 4.69) is 21.8 Å². The highest BCUT2D eigenvalue weighted by molar-refractivity contribution is 5.98. The van der Waals surface area contributed by atoms with Crippen LogP contribution in [0.2, 0.25) is 0 Å². The molecule has 24 heavy (non-hydrogen) atoms. The fourth-order valence-electron chi connectivity index (χ4n) is 3.80. The highest BCUT2D eigenvalue weighted by Crippen LogP contribution is 2.21. The molecule has 0 radical (unpaired) electrons. The van der Waals surface area contributed by atoms with Gasteiger partial charge in [0.2, 0.25) is 0 Å². The zero-order chi connectivity index (χ0) is 16.5. The smallest absolute Gasteiger partial charge is 0.253 e. The number of rotatable bonds is 2. The number of aromatic nitrogens is 1. The molecule has 1 amide bonds. The summed E-state index contributed by atoms with van der Waals surface area (Å²) in [6.07, 6.45) is 2.87. The van der Waals surface area contributed by atoms with Crippen molar-refractivity contribution in [3.8, 4) is 0 Å². The van der Waals surface area contributed by atoms with Crippen LogP contribution in [0.4, 0.5) is 0 Å². The van der Waals surface area contributed by atoms with Crippen LogP contribution in [0.5, 0.6) is 0 Å². The summed E-state index contributed by atoms with van der Waals surface area (Å²) in [6.45, 7) is 6.20. The van der Waals surface area contributed by atoms with Crippen LogP contribution in [0.3, 0.4) is 0 Å². The molecular weight excluding hydrogens is 300 g/mol. The predicted octanol–water partition coefficient (Wildman–Crippen LogP) is 1.70. The maximum atomic E-state index is 12.8. The second kappa shape index (κ2) is 6.49. The van der Waals surface area contributed by atoms with Crippen LogP contribution in [-0.2, 0) is 0 Å². The quantitative estimate of drug-likeness (QED) is 0.843. The lowest BCUT2D eigenvalue weighted by Crippen LogP contribution is -2.50. The molecule has 4 rings (SSSR count). The highest BCUT2D eigenvalue weighted by atomic mass is 16.2. The lowest BCUT2D eigenvalue weighted by Gasteiger charge is -2.36. The van der Waals surface area contributed by atoms with E-state index in [1.807, 2.05) is 35.2 Å². The third-order valence-corrected chi connectivity index (χ3v) is 5.35. The van der Waals surface area contributed by atoms with Crippen molar-refractivity contribution in [3.63, 3.8) is 0 Å². The Morgan fingerprint density at radius 2 is 1.96 bits per heavy atom. The standard InChI is InChI=1S/C19H24N4O/c1-21-9-11-22(12-10-21)17-6-8-23(14-17)19(24)16-4-5-18-15(13-16)3-2-7-20-18/h2-5,7,13,17H,6,8-12,14H2,1H3/t17-/m0/s1. The number of benzene rings is 1. The SMILES string of the molecule is CN1CCN([C@H]2CCN(C(=O)c3ccc4ncccc4c3)C2)CC1. The molecule has 126 valence electrons.